The van der Waals surface area contributed by atoms with E-state index in [0.717, 1.165) is 0 Å². The second-order valence-electron chi connectivity index (χ2n) is 3.17. The Morgan fingerprint density at radius 3 is 2.33 bits per heavy atom. The Kier molecular flexibility index (Phi) is 6.45. The molecule has 0 aromatic heterocycles. The third kappa shape index (κ3) is 7.76. The molecule has 0 aromatic carbocycles. The lowest BCUT2D eigenvalue weighted by Crippen LogP contribution is -2.17. The molecule has 0 heterocycles. The Hall–Kier alpha value is -1.29. The first kappa shape index (κ1) is 13.7. The van der Waals surface area contributed by atoms with Crippen molar-refractivity contribution < 1.29 is 19.0 Å². The van der Waals surface area contributed by atoms with E-state index in [1.165, 1.54) is 0 Å². The van der Waals surface area contributed by atoms with Gasteiger partial charge in [-0.25, -0.2) is 4.79 Å². The van der Waals surface area contributed by atoms with Gasteiger partial charge in [-0.3, -0.25) is 0 Å². The Balaban J connectivity index is 3.50. The topological polar surface area (TPSA) is 44.8 Å². The maximum Gasteiger partial charge on any atom is 0.333 e. The predicted octanol–water partition coefficient (Wildman–Crippen LogP) is 2.02. The van der Waals surface area contributed by atoms with Gasteiger partial charge in [0.15, 0.2) is 6.29 Å². The fourth-order valence-corrected chi connectivity index (χ4v) is 0.789. The highest BCUT2D eigenvalue weighted by Crippen LogP contribution is 2.00. The molecule has 4 heteroatoms. The largest absolute Gasteiger partial charge is 0.471 e. The minimum Gasteiger partial charge on any atom is -0.471 e. The van der Waals surface area contributed by atoms with Crippen LogP contribution in [0.4, 0.5) is 0 Å². The van der Waals surface area contributed by atoms with Crippen LogP contribution in [0.5, 0.6) is 0 Å². The quantitative estimate of drug-likeness (QED) is 0.214. The lowest BCUT2D eigenvalue weighted by atomic mass is 10.4. The van der Waals surface area contributed by atoms with Gasteiger partial charge in [0.05, 0.1) is 12.4 Å². The van der Waals surface area contributed by atoms with E-state index in [0.29, 0.717) is 11.3 Å². The number of esters is 1. The van der Waals surface area contributed by atoms with E-state index in [1.807, 2.05) is 0 Å². The van der Waals surface area contributed by atoms with Crippen molar-refractivity contribution >= 4 is 5.97 Å². The van der Waals surface area contributed by atoms with Gasteiger partial charge in [0, 0.05) is 5.57 Å². The van der Waals surface area contributed by atoms with E-state index in [9.17, 15) is 4.79 Å². The summed E-state index contributed by atoms with van der Waals surface area (Å²) in [6, 6.07) is 0. The van der Waals surface area contributed by atoms with Crippen LogP contribution < -0.4 is 0 Å². The average Bonchev–Trinajstić information content (AvgIpc) is 2.10. The van der Waals surface area contributed by atoms with E-state index in [1.54, 1.807) is 20.8 Å². The lowest BCUT2D eigenvalue weighted by molar-refractivity contribution is -0.147. The van der Waals surface area contributed by atoms with Crippen LogP contribution in [-0.4, -0.2) is 25.5 Å². The second kappa shape index (κ2) is 7.06. The van der Waals surface area contributed by atoms with E-state index < -0.39 is 5.97 Å². The van der Waals surface area contributed by atoms with Crippen molar-refractivity contribution in [3.8, 4) is 0 Å². The number of carbonyl (C=O) groups is 1. The zero-order chi connectivity index (χ0) is 11.8. The molecular formula is C11H18O4. The van der Waals surface area contributed by atoms with Crippen molar-refractivity contribution in [2.75, 3.05) is 13.2 Å². The van der Waals surface area contributed by atoms with Gasteiger partial charge < -0.3 is 14.2 Å². The van der Waals surface area contributed by atoms with E-state index in [4.69, 9.17) is 14.2 Å². The molecule has 0 aliphatic rings. The summed E-state index contributed by atoms with van der Waals surface area (Å²) in [7, 11) is 0. The third-order valence-corrected chi connectivity index (χ3v) is 1.38. The van der Waals surface area contributed by atoms with Crippen LogP contribution in [0.1, 0.15) is 20.8 Å². The fraction of sp³-hybridized carbons (Fsp3) is 0.545. The van der Waals surface area contributed by atoms with Crippen molar-refractivity contribution in [2.24, 2.45) is 0 Å². The monoisotopic (exact) mass is 214 g/mol. The molecule has 0 amide bonds. The SMILES string of the molecule is C=C(C)OC(C)OCCOC(=O)C(=C)C. The molecule has 1 atom stereocenters. The first-order chi connectivity index (χ1) is 6.93. The number of hydrogen-bond acceptors (Lipinski definition) is 4. The van der Waals surface area contributed by atoms with Crippen molar-refractivity contribution in [1.82, 2.24) is 0 Å². The summed E-state index contributed by atoms with van der Waals surface area (Å²) < 4.78 is 15.1. The van der Waals surface area contributed by atoms with Gasteiger partial charge in [-0.15, -0.1) is 0 Å². The van der Waals surface area contributed by atoms with Crippen LogP contribution in [0, 0.1) is 0 Å². The Bertz CT molecular complexity index is 245. The fourth-order valence-electron chi connectivity index (χ4n) is 0.789. The van der Waals surface area contributed by atoms with Gasteiger partial charge in [0.1, 0.15) is 6.61 Å². The molecule has 0 fully saturated rings. The number of rotatable bonds is 7. The highest BCUT2D eigenvalue weighted by molar-refractivity contribution is 5.86. The van der Waals surface area contributed by atoms with Crippen LogP contribution in [0.25, 0.3) is 0 Å². The zero-order valence-corrected chi connectivity index (χ0v) is 9.54. The Labute approximate surface area is 90.5 Å². The summed E-state index contributed by atoms with van der Waals surface area (Å²) in [6.07, 6.45) is -0.383. The molecule has 0 rings (SSSR count). The molecule has 0 saturated heterocycles. The normalized spacial score (nSPS) is 11.7. The third-order valence-electron chi connectivity index (χ3n) is 1.38. The van der Waals surface area contributed by atoms with Crippen LogP contribution in [0.15, 0.2) is 24.5 Å². The molecule has 0 aromatic rings. The standard InChI is InChI=1S/C11H18O4/c1-8(2)11(12)14-7-6-13-10(5)15-9(3)4/h10H,1,3,6-7H2,2,4-5H3. The summed E-state index contributed by atoms with van der Waals surface area (Å²) in [6.45, 7) is 12.6. The lowest BCUT2D eigenvalue weighted by Gasteiger charge is -2.14. The molecule has 15 heavy (non-hydrogen) atoms. The number of carbonyl (C=O) groups excluding carboxylic acids is 1. The van der Waals surface area contributed by atoms with Crippen molar-refractivity contribution in [1.29, 1.82) is 0 Å². The van der Waals surface area contributed by atoms with E-state index >= 15 is 0 Å². The van der Waals surface area contributed by atoms with Gasteiger partial charge in [-0.1, -0.05) is 13.2 Å². The minimum atomic E-state index is -0.410. The summed E-state index contributed by atoms with van der Waals surface area (Å²) >= 11 is 0. The molecular weight excluding hydrogens is 196 g/mol. The molecule has 86 valence electrons. The predicted molar refractivity (Wildman–Crippen MR) is 57.1 cm³/mol. The average molecular weight is 214 g/mol. The number of allylic oxidation sites excluding steroid dienone is 1. The van der Waals surface area contributed by atoms with Gasteiger partial charge >= 0.3 is 5.97 Å². The summed E-state index contributed by atoms with van der Waals surface area (Å²) in [5.74, 6) is 0.175. The van der Waals surface area contributed by atoms with Crippen LogP contribution >= 0.6 is 0 Å². The van der Waals surface area contributed by atoms with Gasteiger partial charge in [-0.05, 0) is 20.8 Å². The maximum absolute atomic E-state index is 10.9. The molecule has 1 unspecified atom stereocenters. The smallest absolute Gasteiger partial charge is 0.333 e. The van der Waals surface area contributed by atoms with Gasteiger partial charge in [0.25, 0.3) is 0 Å². The van der Waals surface area contributed by atoms with Crippen LogP contribution in [0.2, 0.25) is 0 Å². The molecule has 0 saturated carbocycles. The molecule has 0 spiro atoms. The molecule has 0 bridgehead atoms. The molecule has 0 aliphatic carbocycles. The van der Waals surface area contributed by atoms with E-state index in [2.05, 4.69) is 13.2 Å². The van der Waals surface area contributed by atoms with Crippen LogP contribution in [-0.2, 0) is 19.0 Å². The highest BCUT2D eigenvalue weighted by atomic mass is 16.7. The molecule has 0 aliphatic heterocycles. The summed E-state index contributed by atoms with van der Waals surface area (Å²) in [5, 5.41) is 0. The summed E-state index contributed by atoms with van der Waals surface area (Å²) in [5.41, 5.74) is 0.376. The first-order valence-electron chi connectivity index (χ1n) is 4.70. The van der Waals surface area contributed by atoms with Crippen molar-refractivity contribution in [2.45, 2.75) is 27.1 Å². The molecule has 4 nitrogen and oxygen atoms in total. The Morgan fingerprint density at radius 1 is 1.27 bits per heavy atom. The molecule has 0 N–H and O–H groups in total. The highest BCUT2D eigenvalue weighted by Gasteiger charge is 2.05. The van der Waals surface area contributed by atoms with E-state index in [-0.39, 0.29) is 19.5 Å². The van der Waals surface area contributed by atoms with Crippen LogP contribution in [0.3, 0.4) is 0 Å². The minimum absolute atomic E-state index is 0.190. The van der Waals surface area contributed by atoms with Gasteiger partial charge in [-0.2, -0.15) is 0 Å². The number of hydrogen-bond donors (Lipinski definition) is 0. The van der Waals surface area contributed by atoms with Crippen molar-refractivity contribution in [3.63, 3.8) is 0 Å². The zero-order valence-electron chi connectivity index (χ0n) is 9.54. The summed E-state index contributed by atoms with van der Waals surface area (Å²) in [4.78, 5) is 10.9. The number of ether oxygens (including phenoxy) is 3. The second-order valence-corrected chi connectivity index (χ2v) is 3.17. The van der Waals surface area contributed by atoms with Gasteiger partial charge in [0.2, 0.25) is 0 Å². The van der Waals surface area contributed by atoms with Crippen molar-refractivity contribution in [3.05, 3.63) is 24.5 Å². The Morgan fingerprint density at radius 2 is 1.87 bits per heavy atom. The first-order valence-corrected chi connectivity index (χ1v) is 4.70. The maximum atomic E-state index is 10.9. The molecule has 0 radical (unpaired) electrons.